The average Bonchev–Trinajstić information content (AvgIpc) is 2.81. The Morgan fingerprint density at radius 2 is 1.66 bits per heavy atom. The van der Waals surface area contributed by atoms with Crippen molar-refractivity contribution in [2.45, 2.75) is 39.0 Å². The summed E-state index contributed by atoms with van der Waals surface area (Å²) < 4.78 is 27.9. The molecule has 1 N–H and O–H groups in total. The summed E-state index contributed by atoms with van der Waals surface area (Å²) in [5, 5.41) is 2.66. The van der Waals surface area contributed by atoms with Crippen molar-refractivity contribution in [3.63, 3.8) is 0 Å². The van der Waals surface area contributed by atoms with Crippen molar-refractivity contribution in [1.29, 1.82) is 0 Å². The second-order valence-electron chi connectivity index (χ2n) is 8.92. The summed E-state index contributed by atoms with van der Waals surface area (Å²) in [6, 6.07) is 14.7. The lowest BCUT2D eigenvalue weighted by atomic mass is 10.0. The first-order valence-corrected chi connectivity index (χ1v) is 13.1. The Balaban J connectivity index is 1.52. The van der Waals surface area contributed by atoms with E-state index in [1.165, 1.54) is 34.5 Å². The molecule has 0 saturated carbocycles. The van der Waals surface area contributed by atoms with Gasteiger partial charge in [-0.1, -0.05) is 29.8 Å². The van der Waals surface area contributed by atoms with E-state index in [1.807, 2.05) is 13.8 Å². The maximum atomic E-state index is 13.2. The highest BCUT2D eigenvalue weighted by molar-refractivity contribution is 7.89. The molecule has 1 saturated heterocycles. The van der Waals surface area contributed by atoms with Gasteiger partial charge in [-0.15, -0.1) is 0 Å². The van der Waals surface area contributed by atoms with E-state index in [-0.39, 0.29) is 10.8 Å². The van der Waals surface area contributed by atoms with Gasteiger partial charge in [0.2, 0.25) is 15.9 Å². The first-order valence-electron chi connectivity index (χ1n) is 11.7. The van der Waals surface area contributed by atoms with Crippen LogP contribution in [0.1, 0.15) is 35.1 Å². The number of aromatic nitrogens is 2. The van der Waals surface area contributed by atoms with E-state index >= 15 is 0 Å². The van der Waals surface area contributed by atoms with Gasteiger partial charge < -0.3 is 10.2 Å². The molecule has 35 heavy (non-hydrogen) atoms. The highest BCUT2D eigenvalue weighted by Crippen LogP contribution is 2.27. The predicted molar refractivity (Wildman–Crippen MR) is 137 cm³/mol. The molecular weight excluding hydrogens is 462 g/mol. The number of anilines is 2. The molecule has 1 fully saturated rings. The summed E-state index contributed by atoms with van der Waals surface area (Å²) in [5.41, 5.74) is 5.00. The molecule has 1 amide bonds. The second-order valence-corrected chi connectivity index (χ2v) is 10.9. The van der Waals surface area contributed by atoms with Gasteiger partial charge in [0.1, 0.15) is 11.6 Å². The van der Waals surface area contributed by atoms with Crippen LogP contribution in [0.5, 0.6) is 0 Å². The van der Waals surface area contributed by atoms with Gasteiger partial charge in [0.05, 0.1) is 4.90 Å². The van der Waals surface area contributed by atoms with E-state index in [0.717, 1.165) is 23.5 Å². The van der Waals surface area contributed by atoms with Gasteiger partial charge in [-0.2, -0.15) is 4.31 Å². The Morgan fingerprint density at radius 1 is 0.971 bits per heavy atom. The fraction of sp³-hybridized carbons (Fsp3) is 0.346. The van der Waals surface area contributed by atoms with E-state index in [1.54, 1.807) is 12.1 Å². The standard InChI is InChI=1S/C26H31N5O3S/c1-18-6-5-7-22(16-18)17-25-19(2)27-20(3)28-26(25)30-12-14-31(15-13-30)35(33,34)24-10-8-23(9-11-24)29-21(4)32/h5-11,16H,12-15,17H2,1-4H3,(H,29,32). The summed E-state index contributed by atoms with van der Waals surface area (Å²) in [6.07, 6.45) is 0.724. The summed E-state index contributed by atoms with van der Waals surface area (Å²) in [4.78, 5) is 23.0. The van der Waals surface area contributed by atoms with Crippen LogP contribution in [0, 0.1) is 20.8 Å². The lowest BCUT2D eigenvalue weighted by Crippen LogP contribution is -2.49. The minimum Gasteiger partial charge on any atom is -0.354 e. The number of nitrogens with zero attached hydrogens (tertiary/aromatic N) is 4. The Labute approximate surface area is 207 Å². The zero-order chi connectivity index (χ0) is 25.2. The van der Waals surface area contributed by atoms with Crippen LogP contribution in [-0.4, -0.2) is 54.8 Å². The monoisotopic (exact) mass is 493 g/mol. The second kappa shape index (κ2) is 10.1. The molecule has 2 heterocycles. The molecule has 1 aromatic heterocycles. The molecular formula is C26H31N5O3S. The quantitative estimate of drug-likeness (QED) is 0.565. The fourth-order valence-corrected chi connectivity index (χ4v) is 5.84. The van der Waals surface area contributed by atoms with E-state index in [0.29, 0.717) is 37.7 Å². The number of hydrogen-bond donors (Lipinski definition) is 1. The SMILES string of the molecule is CC(=O)Nc1ccc(S(=O)(=O)N2CCN(c3nc(C)nc(C)c3Cc3cccc(C)c3)CC2)cc1. The van der Waals surface area contributed by atoms with E-state index in [2.05, 4.69) is 46.4 Å². The van der Waals surface area contributed by atoms with E-state index < -0.39 is 10.0 Å². The van der Waals surface area contributed by atoms with Gasteiger partial charge in [-0.3, -0.25) is 4.79 Å². The third kappa shape index (κ3) is 5.68. The molecule has 0 unspecified atom stereocenters. The van der Waals surface area contributed by atoms with Gasteiger partial charge in [0, 0.05) is 56.5 Å². The lowest BCUT2D eigenvalue weighted by Gasteiger charge is -2.36. The van der Waals surface area contributed by atoms with Crippen LogP contribution in [0.3, 0.4) is 0 Å². The van der Waals surface area contributed by atoms with Gasteiger partial charge in [0.15, 0.2) is 0 Å². The molecule has 0 radical (unpaired) electrons. The number of hydrogen-bond acceptors (Lipinski definition) is 6. The number of sulfonamides is 1. The summed E-state index contributed by atoms with van der Waals surface area (Å²) in [5.74, 6) is 1.39. The summed E-state index contributed by atoms with van der Waals surface area (Å²) in [6.45, 7) is 9.20. The van der Waals surface area contributed by atoms with Crippen LogP contribution in [0.15, 0.2) is 53.4 Å². The van der Waals surface area contributed by atoms with Crippen molar-refractivity contribution in [2.75, 3.05) is 36.4 Å². The van der Waals surface area contributed by atoms with Crippen LogP contribution in [0.4, 0.5) is 11.5 Å². The number of nitrogens with one attached hydrogen (secondary N) is 1. The average molecular weight is 494 g/mol. The number of carbonyl (C=O) groups is 1. The van der Waals surface area contributed by atoms with E-state index in [4.69, 9.17) is 4.98 Å². The van der Waals surface area contributed by atoms with Crippen LogP contribution >= 0.6 is 0 Å². The van der Waals surface area contributed by atoms with Gasteiger partial charge in [0.25, 0.3) is 0 Å². The summed E-state index contributed by atoms with van der Waals surface area (Å²) >= 11 is 0. The van der Waals surface area contributed by atoms with Gasteiger partial charge >= 0.3 is 0 Å². The minimum atomic E-state index is -3.63. The maximum absolute atomic E-state index is 13.2. The Bertz CT molecular complexity index is 1330. The van der Waals surface area contributed by atoms with Crippen molar-refractivity contribution in [3.8, 4) is 0 Å². The van der Waals surface area contributed by atoms with Crippen LogP contribution in [0.2, 0.25) is 0 Å². The number of carbonyl (C=O) groups excluding carboxylic acids is 1. The third-order valence-corrected chi connectivity index (χ3v) is 8.03. The highest BCUT2D eigenvalue weighted by atomic mass is 32.2. The van der Waals surface area contributed by atoms with Crippen LogP contribution in [-0.2, 0) is 21.2 Å². The third-order valence-electron chi connectivity index (χ3n) is 6.12. The number of rotatable bonds is 6. The number of benzene rings is 2. The Kier molecular flexibility index (Phi) is 7.18. The maximum Gasteiger partial charge on any atom is 0.243 e. The molecule has 0 atom stereocenters. The lowest BCUT2D eigenvalue weighted by molar-refractivity contribution is -0.114. The molecule has 0 aliphatic carbocycles. The zero-order valence-electron chi connectivity index (χ0n) is 20.6. The molecule has 9 heteroatoms. The normalized spacial score (nSPS) is 14.7. The highest BCUT2D eigenvalue weighted by Gasteiger charge is 2.30. The van der Waals surface area contributed by atoms with Crippen molar-refractivity contribution in [1.82, 2.24) is 14.3 Å². The minimum absolute atomic E-state index is 0.200. The number of piperazine rings is 1. The van der Waals surface area contributed by atoms with Crippen LogP contribution < -0.4 is 10.2 Å². The first-order chi connectivity index (χ1) is 16.6. The summed E-state index contributed by atoms with van der Waals surface area (Å²) in [7, 11) is -3.63. The molecule has 1 aliphatic rings. The van der Waals surface area contributed by atoms with Crippen molar-refractivity contribution in [2.24, 2.45) is 0 Å². The van der Waals surface area contributed by atoms with Crippen molar-refractivity contribution in [3.05, 3.63) is 76.7 Å². The molecule has 3 aromatic rings. The molecule has 0 bridgehead atoms. The largest absolute Gasteiger partial charge is 0.354 e. The molecule has 1 aliphatic heterocycles. The molecule has 184 valence electrons. The molecule has 0 spiro atoms. The number of amides is 1. The Morgan fingerprint density at radius 3 is 2.29 bits per heavy atom. The van der Waals surface area contributed by atoms with Crippen molar-refractivity contribution >= 4 is 27.4 Å². The van der Waals surface area contributed by atoms with Gasteiger partial charge in [-0.25, -0.2) is 18.4 Å². The molecule has 8 nitrogen and oxygen atoms in total. The number of aryl methyl sites for hydroxylation is 3. The van der Waals surface area contributed by atoms with Crippen molar-refractivity contribution < 1.29 is 13.2 Å². The van der Waals surface area contributed by atoms with Gasteiger partial charge in [-0.05, 0) is 50.6 Å². The topological polar surface area (TPSA) is 95.5 Å². The predicted octanol–water partition coefficient (Wildman–Crippen LogP) is 3.46. The van der Waals surface area contributed by atoms with E-state index in [9.17, 15) is 13.2 Å². The fourth-order valence-electron chi connectivity index (χ4n) is 4.42. The first kappa shape index (κ1) is 24.8. The molecule has 4 rings (SSSR count). The Hall–Kier alpha value is -3.30. The smallest absolute Gasteiger partial charge is 0.243 e. The van der Waals surface area contributed by atoms with Crippen LogP contribution in [0.25, 0.3) is 0 Å². The zero-order valence-corrected chi connectivity index (χ0v) is 21.4. The molecule has 2 aromatic carbocycles.